The molecule has 0 fully saturated rings. The summed E-state index contributed by atoms with van der Waals surface area (Å²) in [5.74, 6) is 0.697. The Morgan fingerprint density at radius 2 is 0.483 bits per heavy atom. The average Bonchev–Trinajstić information content (AvgIpc) is 1.41. The Hall–Kier alpha value is -9.59. The van der Waals surface area contributed by atoms with Crippen LogP contribution in [0.5, 0.6) is 11.5 Å². The highest BCUT2D eigenvalue weighted by Crippen LogP contribution is 2.45. The van der Waals surface area contributed by atoms with Crippen molar-refractivity contribution in [1.82, 2.24) is 39.3 Å². The summed E-state index contributed by atoms with van der Waals surface area (Å²) >= 11 is 4.81. The molecule has 11 nitrogen and oxygen atoms in total. The maximum Gasteiger partial charge on any atom is 0.280 e. The fraction of sp³-hybridized carbons (Fsp3) is 0.439. The van der Waals surface area contributed by atoms with Gasteiger partial charge in [-0.1, -0.05) is 22.3 Å². The Morgan fingerprint density at radius 3 is 0.833 bits per heavy atom. The minimum Gasteiger partial charge on any atom is -0.507 e. The van der Waals surface area contributed by atoms with E-state index in [0.29, 0.717) is 11.5 Å². The van der Waals surface area contributed by atoms with Gasteiger partial charge in [0.25, 0.3) is 6.42 Å². The van der Waals surface area contributed by atoms with Crippen molar-refractivity contribution in [3.8, 4) is 45.3 Å². The molecule has 6 aromatic carbocycles. The van der Waals surface area contributed by atoms with Gasteiger partial charge in [-0.2, -0.15) is 10.9 Å². The molecule has 0 spiro atoms. The maximum atomic E-state index is 10.7. The van der Waals surface area contributed by atoms with E-state index in [2.05, 4.69) is 310 Å². The average molecular weight is 1630 g/mol. The minimum atomic E-state index is -1.86. The number of phenolic OH excluding ortho intramolecular Hbond substituents is 2. The fourth-order valence-corrected chi connectivity index (χ4v) is 19.1. The maximum absolute atomic E-state index is 10.7. The number of thiol groups is 1. The predicted molar refractivity (Wildman–Crippen MR) is 522 cm³/mol. The van der Waals surface area contributed by atoms with E-state index >= 15 is 0 Å². The number of rotatable bonds is 8. The summed E-state index contributed by atoms with van der Waals surface area (Å²) in [6.45, 7) is 99.7. The lowest BCUT2D eigenvalue weighted by molar-refractivity contribution is 0.471. The molecular formula is C107H145BN9O2S-. The molecule has 6 aromatic heterocycles. The number of aromatic nitrogens is 8. The first-order valence-corrected chi connectivity index (χ1v) is 43.5. The smallest absolute Gasteiger partial charge is 0.280 e. The summed E-state index contributed by atoms with van der Waals surface area (Å²) in [5, 5.41) is 36.2. The van der Waals surface area contributed by atoms with E-state index in [-0.39, 0.29) is 0 Å². The number of pyridine rings is 4. The quantitative estimate of drug-likeness (QED) is 0.0865. The van der Waals surface area contributed by atoms with Crippen LogP contribution in [0.1, 0.15) is 257 Å². The third-order valence-corrected chi connectivity index (χ3v) is 31.5. The molecule has 0 bridgehead atoms. The van der Waals surface area contributed by atoms with Gasteiger partial charge in [-0.05, 0) is 519 Å². The van der Waals surface area contributed by atoms with E-state index in [9.17, 15) is 10.2 Å². The van der Waals surface area contributed by atoms with Crippen LogP contribution in [0.3, 0.4) is 0 Å². The first-order valence-electron chi connectivity index (χ1n) is 43.1. The predicted octanol–water partition coefficient (Wildman–Crippen LogP) is 26.1. The summed E-state index contributed by atoms with van der Waals surface area (Å²) in [4.78, 5) is 20.2. The number of hydrogen-bond acceptors (Lipinski definition) is 10. The number of nitrogens with zero attached hydrogens (tertiary/aromatic N) is 8. The van der Waals surface area contributed by atoms with Crippen LogP contribution in [0.15, 0.2) is 4.90 Å². The number of nitrogens with one attached hydrogen (secondary N) is 1. The van der Waals surface area contributed by atoms with E-state index in [1.165, 1.54) is 217 Å². The zero-order chi connectivity index (χ0) is 91.2. The summed E-state index contributed by atoms with van der Waals surface area (Å²) in [6, 6.07) is 0. The van der Waals surface area contributed by atoms with E-state index in [4.69, 9.17) is 37.8 Å². The molecule has 0 atom stereocenters. The molecule has 0 aliphatic rings. The van der Waals surface area contributed by atoms with Crippen molar-refractivity contribution in [2.75, 3.05) is 12.4 Å². The van der Waals surface area contributed by atoms with Gasteiger partial charge in [0, 0.05) is 62.5 Å². The first-order chi connectivity index (χ1) is 55.5. The van der Waals surface area contributed by atoms with Crippen LogP contribution >= 0.6 is 12.6 Å². The van der Waals surface area contributed by atoms with Crippen LogP contribution in [0, 0.1) is 318 Å². The van der Waals surface area contributed by atoms with Gasteiger partial charge in [-0.25, -0.2) is 15.2 Å². The normalized spacial score (nSPS) is 11.4. The Balaban J connectivity index is 0.000000194. The van der Waals surface area contributed by atoms with Crippen LogP contribution in [0.4, 0.5) is 5.69 Å². The number of fused-ring (bicyclic) bond motifs is 1. The van der Waals surface area contributed by atoms with Crippen molar-refractivity contribution in [2.45, 2.75) is 323 Å². The van der Waals surface area contributed by atoms with Crippen LogP contribution in [-0.2, 0) is 0 Å². The molecule has 0 radical (unpaired) electrons. The second kappa shape index (κ2) is 35.8. The van der Waals surface area contributed by atoms with Crippen molar-refractivity contribution in [1.29, 1.82) is 0 Å². The lowest BCUT2D eigenvalue weighted by atomic mass is 9.33. The van der Waals surface area contributed by atoms with Crippen LogP contribution < -0.4 is 16.2 Å². The highest BCUT2D eigenvalue weighted by Gasteiger charge is 2.44. The van der Waals surface area contributed by atoms with Crippen LogP contribution in [0.2, 0.25) is 0 Å². The van der Waals surface area contributed by atoms with Gasteiger partial charge in [0.15, 0.2) is 0 Å². The molecule has 13 heteroatoms. The van der Waals surface area contributed by atoms with Gasteiger partial charge >= 0.3 is 0 Å². The topological polar surface area (TPSA) is 140 Å². The van der Waals surface area contributed by atoms with Gasteiger partial charge in [0.2, 0.25) is 0 Å². The van der Waals surface area contributed by atoms with Gasteiger partial charge in [0.1, 0.15) is 17.0 Å². The summed E-state index contributed by atoms with van der Waals surface area (Å²) in [5.41, 5.74) is 68.1. The van der Waals surface area contributed by atoms with Crippen molar-refractivity contribution < 1.29 is 10.2 Å². The SMILES string of the molecule is CNc1c(C)c(C)c(C)c(C)c1-c1nc(C)c(C)c(C)c1C.Cc1nc(-c2c(C)c(C)c(C)c(C)c2O)c(C)c(C)c1C.Cc1nc(-c2c(C)c(C)c(C)c(C)c2S)c(C)c(C)c1C.Cc1nc2c(O)c(C)c(C)c(C)c2c(C)c1C.Cc1nn([B-](c2c(C)c(C)c(C)c(C)c2C)(c2c(C)c(C)c(C)c(C)c2C)n2nc(C)c(C)c2C)c(C)c1C. The van der Waals surface area contributed by atoms with Crippen molar-refractivity contribution in [3.63, 3.8) is 0 Å². The number of aryl methyl sites for hydroxylation is 8. The molecule has 0 saturated carbocycles. The second-order valence-corrected chi connectivity index (χ2v) is 36.4. The first kappa shape index (κ1) is 95.9. The lowest BCUT2D eigenvalue weighted by Crippen LogP contribution is -2.74. The van der Waals surface area contributed by atoms with Gasteiger partial charge in [-0.3, -0.25) is 15.0 Å². The molecule has 640 valence electrons. The summed E-state index contributed by atoms with van der Waals surface area (Å²) in [7, 11) is 2.00. The van der Waals surface area contributed by atoms with Gasteiger partial charge in [0.05, 0.1) is 28.5 Å². The molecule has 0 saturated heterocycles. The Morgan fingerprint density at radius 1 is 0.233 bits per heavy atom. The van der Waals surface area contributed by atoms with Crippen LogP contribution in [0.25, 0.3) is 44.7 Å². The molecule has 120 heavy (non-hydrogen) atoms. The molecule has 12 aromatic rings. The van der Waals surface area contributed by atoms with Crippen molar-refractivity contribution in [3.05, 3.63) is 257 Å². The molecular weight excluding hydrogens is 1490 g/mol. The summed E-state index contributed by atoms with van der Waals surface area (Å²) < 4.78 is 4.74. The number of benzene rings is 6. The molecule has 0 aliphatic carbocycles. The van der Waals surface area contributed by atoms with Crippen LogP contribution in [-0.4, -0.2) is 63.0 Å². The van der Waals surface area contributed by atoms with Crippen molar-refractivity contribution in [2.24, 2.45) is 0 Å². The fourth-order valence-electron chi connectivity index (χ4n) is 18.6. The molecule has 6 heterocycles. The third kappa shape index (κ3) is 15.9. The Bertz CT molecular complexity index is 5850. The molecule has 0 amide bonds. The molecule has 3 N–H and O–H groups in total. The summed E-state index contributed by atoms with van der Waals surface area (Å²) in [6.07, 6.45) is -1.86. The van der Waals surface area contributed by atoms with E-state index in [1.54, 1.807) is 0 Å². The number of anilines is 1. The number of phenols is 2. The number of hydrogen-bond donors (Lipinski definition) is 4. The van der Waals surface area contributed by atoms with Crippen molar-refractivity contribution >= 4 is 46.6 Å². The Kier molecular flexibility index (Phi) is 28.6. The van der Waals surface area contributed by atoms with E-state index in [1.807, 2.05) is 34.7 Å². The lowest BCUT2D eigenvalue weighted by Gasteiger charge is -2.50. The second-order valence-electron chi connectivity index (χ2n) is 35.9. The van der Waals surface area contributed by atoms with Gasteiger partial charge < -0.3 is 24.7 Å². The highest BCUT2D eigenvalue weighted by molar-refractivity contribution is 7.80. The van der Waals surface area contributed by atoms with E-state index < -0.39 is 6.42 Å². The molecule has 0 unspecified atom stereocenters. The number of aromatic hydroxyl groups is 2. The zero-order valence-electron chi connectivity index (χ0n) is 83.0. The largest absolute Gasteiger partial charge is 0.507 e. The van der Waals surface area contributed by atoms with E-state index in [0.717, 1.165) is 106 Å². The monoisotopic (exact) mass is 1630 g/mol. The highest BCUT2D eigenvalue weighted by atomic mass is 32.1. The molecule has 12 rings (SSSR count). The Labute approximate surface area is 729 Å². The standard InChI is InChI=1S/C34H48BN4.C20H28N2.C19H25NO.C19H25NS.C15H19NO/c1-17-19(3)23(7)33(24(8)20(17)4)35(38-31(15)27(11)29(13)36-38,39-32(16)28(12)30(14)37-39)34-25(9)21(5)18(2)22(6)26(34)10;1-10-11(2)15(6)19(21-9)18(14(10)5)20-16(7)12(3)13(4)17(8)22-20;2*1-9-10(2)15(7)19(21)17(13(9)5)18-14(6)11(3)12(4)16(8)20-18;1-7-9(3)13-10(4)8(2)12(6)16-14(13)15(17)11(7)5/h1-16H3;21H,1-9H3;2*21H,1-8H3;17H,1-6H3/q-1;;;;. The third-order valence-electron chi connectivity index (χ3n) is 30.9. The minimum absolute atomic E-state index is 0.328. The molecule has 0 aliphatic heterocycles. The van der Waals surface area contributed by atoms with Gasteiger partial charge in [-0.15, -0.1) is 12.6 Å². The zero-order valence-corrected chi connectivity index (χ0v) is 83.9.